The molecule has 7 aromatic rings. The van der Waals surface area contributed by atoms with E-state index in [1.807, 2.05) is 0 Å². The average Bonchev–Trinajstić information content (AvgIpc) is 2.50. The third-order valence-corrected chi connectivity index (χ3v) is 22.2. The summed E-state index contributed by atoms with van der Waals surface area (Å²) < 4.78 is 7.81. The molecule has 0 bridgehead atoms. The van der Waals surface area contributed by atoms with E-state index in [0.717, 1.165) is 37.2 Å². The molecule has 0 N–H and O–H groups in total. The summed E-state index contributed by atoms with van der Waals surface area (Å²) in [7, 11) is 0. The van der Waals surface area contributed by atoms with Gasteiger partial charge in [-0.25, -0.2) is 0 Å². The molecule has 0 atom stereocenters. The Hall–Kier alpha value is -5.48. The standard InChI is InChI=1S/C75H91BN2O/c1-44-35-53-56(73(15,16)32-31-70(53,9)10)41-49(44)45-36-61-65-62(37-45)78(48-23-25-52-55(40-48)72(13,14)30-28-69(52,7)8)66-64(50-42-57-58(43-63(50)79-66)75(19,20)34-33-74(57,17)18)76(65)59-38-46(67(2,3)4)21-26-60(59)77(61)47-22-24-51-54(39-47)71(11,12)29-27-68(51,5)6/h21-26,35-43H,27-34H2,1-20H3. The highest BCUT2D eigenvalue weighted by Crippen LogP contribution is 2.56. The molecule has 79 heavy (non-hydrogen) atoms. The van der Waals surface area contributed by atoms with E-state index in [9.17, 15) is 0 Å². The maximum absolute atomic E-state index is 7.81. The SMILES string of the molecule is Cc1cc2c(cc1-c1cc3c4c(c1)N(c1ccc5c(c1)C(C)(C)CCC5(C)C)c1oc5cc6c(cc5c1B4c1cc(C(C)(C)C)ccc1N3c1ccc3c(c1)C(C)(C)CCC3(C)C)C(C)(C)CCC6(C)C)C(C)(C)CCC2(C)C. The molecule has 3 heterocycles. The van der Waals surface area contributed by atoms with Crippen LogP contribution in [0.25, 0.3) is 22.1 Å². The number of anilines is 6. The van der Waals surface area contributed by atoms with Crippen molar-refractivity contribution in [3.8, 4) is 11.1 Å². The van der Waals surface area contributed by atoms with Crippen LogP contribution in [0.3, 0.4) is 0 Å². The fraction of sp³-hybridized carbons (Fsp3) is 0.493. The zero-order valence-corrected chi connectivity index (χ0v) is 52.2. The van der Waals surface area contributed by atoms with Crippen LogP contribution in [-0.2, 0) is 48.7 Å². The Morgan fingerprint density at radius 3 is 1.32 bits per heavy atom. The van der Waals surface area contributed by atoms with Crippen molar-refractivity contribution in [2.24, 2.45) is 0 Å². The summed E-state index contributed by atoms with van der Waals surface area (Å²) in [6.45, 7) is 48.9. The summed E-state index contributed by atoms with van der Waals surface area (Å²) in [4.78, 5) is 5.31. The zero-order chi connectivity index (χ0) is 56.5. The Bertz CT molecular complexity index is 3760. The summed E-state index contributed by atoms with van der Waals surface area (Å²) in [5.41, 5.74) is 28.7. The number of nitrogens with zero attached hydrogens (tertiary/aromatic N) is 2. The zero-order valence-electron chi connectivity index (χ0n) is 52.2. The van der Waals surface area contributed by atoms with Gasteiger partial charge in [0.25, 0.3) is 6.71 Å². The van der Waals surface area contributed by atoms with Crippen LogP contribution < -0.4 is 26.2 Å². The first-order valence-electron chi connectivity index (χ1n) is 30.6. The van der Waals surface area contributed by atoms with Gasteiger partial charge in [-0.15, -0.1) is 0 Å². The lowest BCUT2D eigenvalue weighted by atomic mass is 9.33. The Kier molecular flexibility index (Phi) is 11.0. The van der Waals surface area contributed by atoms with E-state index in [0.29, 0.717) is 0 Å². The Morgan fingerprint density at radius 1 is 0.405 bits per heavy atom. The molecule has 1 aromatic heterocycles. The minimum Gasteiger partial charge on any atom is -0.440 e. The molecule has 0 spiro atoms. The van der Waals surface area contributed by atoms with Crippen LogP contribution in [0.15, 0.2) is 95.4 Å². The third-order valence-electron chi connectivity index (χ3n) is 22.2. The molecule has 0 saturated heterocycles. The number of benzene rings is 6. The largest absolute Gasteiger partial charge is 0.440 e. The molecule has 0 unspecified atom stereocenters. The third kappa shape index (κ3) is 7.77. The van der Waals surface area contributed by atoms with E-state index in [1.165, 1.54) is 143 Å². The summed E-state index contributed by atoms with van der Waals surface area (Å²) in [6.07, 6.45) is 9.35. The Morgan fingerprint density at radius 2 is 0.823 bits per heavy atom. The van der Waals surface area contributed by atoms with Gasteiger partial charge < -0.3 is 9.32 Å². The molecule has 3 nitrogen and oxygen atoms in total. The number of hydrogen-bond acceptors (Lipinski definition) is 3. The molecule has 6 aromatic carbocycles. The molecule has 0 saturated carbocycles. The van der Waals surface area contributed by atoms with Crippen LogP contribution in [0.4, 0.5) is 34.3 Å². The topological polar surface area (TPSA) is 19.6 Å². The highest BCUT2D eigenvalue weighted by molar-refractivity contribution is 7.01. The van der Waals surface area contributed by atoms with Gasteiger partial charge in [0.15, 0.2) is 0 Å². The van der Waals surface area contributed by atoms with E-state index in [1.54, 1.807) is 0 Å². The predicted molar refractivity (Wildman–Crippen MR) is 340 cm³/mol. The van der Waals surface area contributed by atoms with Gasteiger partial charge in [0, 0.05) is 39.3 Å². The van der Waals surface area contributed by atoms with Gasteiger partial charge in [-0.3, -0.25) is 4.90 Å². The average molecular weight is 1050 g/mol. The highest BCUT2D eigenvalue weighted by Gasteiger charge is 2.50. The maximum atomic E-state index is 7.81. The van der Waals surface area contributed by atoms with Crippen molar-refractivity contribution >= 4 is 68.4 Å². The van der Waals surface area contributed by atoms with Crippen molar-refractivity contribution in [2.75, 3.05) is 9.80 Å². The highest BCUT2D eigenvalue weighted by atomic mass is 16.4. The second kappa shape index (κ2) is 16.4. The summed E-state index contributed by atoms with van der Waals surface area (Å²) in [6, 6.07) is 38.1. The number of rotatable bonds is 3. The van der Waals surface area contributed by atoms with Gasteiger partial charge in [-0.05, 0) is 239 Å². The van der Waals surface area contributed by atoms with Gasteiger partial charge in [0.2, 0.25) is 5.88 Å². The number of fused-ring (bicyclic) bond motifs is 10. The molecule has 4 aliphatic carbocycles. The van der Waals surface area contributed by atoms with E-state index in [2.05, 4.69) is 239 Å². The lowest BCUT2D eigenvalue weighted by molar-refractivity contribution is 0.332. The van der Waals surface area contributed by atoms with Crippen LogP contribution in [0.1, 0.15) is 239 Å². The lowest BCUT2D eigenvalue weighted by Crippen LogP contribution is -2.61. The molecule has 0 fully saturated rings. The predicted octanol–water partition coefficient (Wildman–Crippen LogP) is 19.2. The van der Waals surface area contributed by atoms with Crippen molar-refractivity contribution < 1.29 is 4.42 Å². The van der Waals surface area contributed by atoms with Crippen molar-refractivity contribution in [1.82, 2.24) is 0 Å². The normalized spacial score (nSPS) is 21.7. The maximum Gasteiger partial charge on any atom is 0.257 e. The first-order valence-corrected chi connectivity index (χ1v) is 30.6. The van der Waals surface area contributed by atoms with Crippen molar-refractivity contribution in [3.05, 3.63) is 147 Å². The number of hydrogen-bond donors (Lipinski definition) is 0. The molecular weight excluding hydrogens is 956 g/mol. The molecule has 0 amide bonds. The summed E-state index contributed by atoms with van der Waals surface area (Å²) >= 11 is 0. The minimum atomic E-state index is -0.0942. The van der Waals surface area contributed by atoms with Gasteiger partial charge >= 0.3 is 0 Å². The number of furan rings is 1. The van der Waals surface area contributed by atoms with Crippen LogP contribution in [0.5, 0.6) is 0 Å². The van der Waals surface area contributed by atoms with E-state index >= 15 is 0 Å². The number of aryl methyl sites for hydroxylation is 1. The van der Waals surface area contributed by atoms with Gasteiger partial charge in [-0.2, -0.15) is 0 Å². The van der Waals surface area contributed by atoms with Crippen molar-refractivity contribution in [1.29, 1.82) is 0 Å². The minimum absolute atomic E-state index is 0.0160. The van der Waals surface area contributed by atoms with Crippen molar-refractivity contribution in [3.63, 3.8) is 0 Å². The second-order valence-electron chi connectivity index (χ2n) is 32.5. The van der Waals surface area contributed by atoms with Crippen LogP contribution in [-0.4, -0.2) is 6.71 Å². The van der Waals surface area contributed by atoms with Crippen molar-refractivity contribution in [2.45, 2.75) is 239 Å². The molecule has 13 rings (SSSR count). The molecular formula is C75H91BN2O. The van der Waals surface area contributed by atoms with E-state index in [4.69, 9.17) is 4.42 Å². The quantitative estimate of drug-likeness (QED) is 0.164. The molecule has 6 aliphatic rings. The summed E-state index contributed by atoms with van der Waals surface area (Å²) in [5.74, 6) is 0.963. The monoisotopic (exact) mass is 1050 g/mol. The summed E-state index contributed by atoms with van der Waals surface area (Å²) in [5, 5.41) is 1.25. The Balaban J connectivity index is 1.20. The fourth-order valence-electron chi connectivity index (χ4n) is 16.2. The molecule has 410 valence electrons. The van der Waals surface area contributed by atoms with Crippen LogP contribution in [0, 0.1) is 6.92 Å². The van der Waals surface area contributed by atoms with Gasteiger partial charge in [-0.1, -0.05) is 168 Å². The first-order chi connectivity index (χ1) is 36.6. The second-order valence-corrected chi connectivity index (χ2v) is 32.5. The van der Waals surface area contributed by atoms with Gasteiger partial charge in [0.1, 0.15) is 5.58 Å². The van der Waals surface area contributed by atoms with Crippen LogP contribution >= 0.6 is 0 Å². The first kappa shape index (κ1) is 52.9. The van der Waals surface area contributed by atoms with Gasteiger partial charge in [0.05, 0.1) is 0 Å². The van der Waals surface area contributed by atoms with E-state index < -0.39 is 0 Å². The van der Waals surface area contributed by atoms with E-state index in [-0.39, 0.29) is 55.4 Å². The molecule has 4 heteroatoms. The molecule has 0 radical (unpaired) electrons. The molecule has 2 aliphatic heterocycles. The smallest absolute Gasteiger partial charge is 0.257 e. The lowest BCUT2D eigenvalue weighted by Gasteiger charge is -2.46. The Labute approximate surface area is 476 Å². The van der Waals surface area contributed by atoms with Crippen LogP contribution in [0.2, 0.25) is 0 Å². The fourth-order valence-corrected chi connectivity index (χ4v) is 16.2.